The Morgan fingerprint density at radius 2 is 2.06 bits per heavy atom. The number of carbonyl (C=O) groups is 1. The first-order valence-corrected chi connectivity index (χ1v) is 6.90. The molecule has 0 aromatic heterocycles. The summed E-state index contributed by atoms with van der Waals surface area (Å²) in [6.45, 7) is 0.487. The zero-order chi connectivity index (χ0) is 11.9. The van der Waals surface area contributed by atoms with Crippen molar-refractivity contribution >= 4 is 18.3 Å². The molecule has 3 unspecified atom stereocenters. The Hall–Kier alpha value is -0.320. The van der Waals surface area contributed by atoms with Gasteiger partial charge in [0.15, 0.2) is 0 Å². The third-order valence-electron chi connectivity index (χ3n) is 4.86. The highest BCUT2D eigenvalue weighted by Crippen LogP contribution is 2.39. The normalized spacial score (nSPS) is 36.4. The third-order valence-corrected chi connectivity index (χ3v) is 4.86. The molecule has 0 radical (unpaired) electrons. The molecule has 2 saturated heterocycles. The van der Waals surface area contributed by atoms with Crippen molar-refractivity contribution in [1.29, 1.82) is 0 Å². The predicted octanol–water partition coefficient (Wildman–Crippen LogP) is 1.36. The number of rotatable bonds is 3. The number of nitrogens with two attached hydrogens (primary N) is 1. The molecule has 3 N–H and O–H groups in total. The first-order valence-electron chi connectivity index (χ1n) is 6.90. The SMILES string of the molecule is Cl.NCC1(C(=O)NC2CC3CCC2O3)CCCC1. The van der Waals surface area contributed by atoms with Gasteiger partial charge in [0.25, 0.3) is 0 Å². The smallest absolute Gasteiger partial charge is 0.227 e. The van der Waals surface area contributed by atoms with E-state index in [0.29, 0.717) is 12.6 Å². The van der Waals surface area contributed by atoms with Crippen molar-refractivity contribution in [2.75, 3.05) is 6.54 Å². The zero-order valence-electron chi connectivity index (χ0n) is 10.7. The minimum atomic E-state index is -0.276. The number of halogens is 1. The molecule has 5 heteroatoms. The number of carbonyl (C=O) groups excluding carboxylic acids is 1. The molecule has 2 bridgehead atoms. The highest BCUT2D eigenvalue weighted by Gasteiger charge is 2.45. The molecule has 0 aromatic rings. The molecule has 1 saturated carbocycles. The second-order valence-electron chi connectivity index (χ2n) is 5.88. The lowest BCUT2D eigenvalue weighted by Crippen LogP contribution is -2.50. The molecule has 0 spiro atoms. The van der Waals surface area contributed by atoms with Crippen molar-refractivity contribution in [3.63, 3.8) is 0 Å². The van der Waals surface area contributed by atoms with Crippen molar-refractivity contribution in [3.8, 4) is 0 Å². The van der Waals surface area contributed by atoms with Crippen LogP contribution in [0.5, 0.6) is 0 Å². The Kier molecular flexibility index (Phi) is 4.19. The van der Waals surface area contributed by atoms with E-state index in [0.717, 1.165) is 38.5 Å². The standard InChI is InChI=1S/C13H22N2O2.ClH/c14-8-13(5-1-2-6-13)12(16)15-10-7-9-3-4-11(10)17-9;/h9-11H,1-8,14H2,(H,15,16);1H. The highest BCUT2D eigenvalue weighted by molar-refractivity contribution is 5.85. The fraction of sp³-hybridized carbons (Fsp3) is 0.923. The van der Waals surface area contributed by atoms with Gasteiger partial charge in [0.05, 0.1) is 23.7 Å². The average Bonchev–Trinajstić information content (AvgIpc) is 3.05. The number of hydrogen-bond acceptors (Lipinski definition) is 3. The molecule has 104 valence electrons. The Balaban J connectivity index is 0.00000120. The van der Waals surface area contributed by atoms with Gasteiger partial charge in [0.2, 0.25) is 5.91 Å². The van der Waals surface area contributed by atoms with Gasteiger partial charge < -0.3 is 15.8 Å². The predicted molar refractivity (Wildman–Crippen MR) is 71.6 cm³/mol. The van der Waals surface area contributed by atoms with E-state index in [4.69, 9.17) is 10.5 Å². The average molecular weight is 275 g/mol. The molecule has 2 heterocycles. The molecule has 3 atom stereocenters. The zero-order valence-corrected chi connectivity index (χ0v) is 11.5. The van der Waals surface area contributed by atoms with Crippen LogP contribution in [0.2, 0.25) is 0 Å². The Morgan fingerprint density at radius 1 is 1.33 bits per heavy atom. The van der Waals surface area contributed by atoms with E-state index in [1.54, 1.807) is 0 Å². The summed E-state index contributed by atoms with van der Waals surface area (Å²) in [5.41, 5.74) is 5.55. The van der Waals surface area contributed by atoms with E-state index in [9.17, 15) is 4.79 Å². The second kappa shape index (κ2) is 5.35. The maximum atomic E-state index is 12.4. The number of ether oxygens (including phenoxy) is 1. The monoisotopic (exact) mass is 274 g/mol. The van der Waals surface area contributed by atoms with E-state index < -0.39 is 0 Å². The summed E-state index contributed by atoms with van der Waals surface area (Å²) in [6, 6.07) is 0.241. The molecule has 4 nitrogen and oxygen atoms in total. The van der Waals surface area contributed by atoms with Gasteiger partial charge in [-0.3, -0.25) is 4.79 Å². The van der Waals surface area contributed by atoms with Crippen molar-refractivity contribution in [1.82, 2.24) is 5.32 Å². The Labute approximate surface area is 114 Å². The van der Waals surface area contributed by atoms with Crippen LogP contribution in [0.3, 0.4) is 0 Å². The summed E-state index contributed by atoms with van der Waals surface area (Å²) >= 11 is 0. The first-order chi connectivity index (χ1) is 8.23. The van der Waals surface area contributed by atoms with Gasteiger partial charge in [-0.25, -0.2) is 0 Å². The van der Waals surface area contributed by atoms with E-state index >= 15 is 0 Å². The largest absolute Gasteiger partial charge is 0.373 e. The van der Waals surface area contributed by atoms with E-state index in [1.165, 1.54) is 6.42 Å². The highest BCUT2D eigenvalue weighted by atomic mass is 35.5. The van der Waals surface area contributed by atoms with Crippen LogP contribution in [-0.4, -0.2) is 30.7 Å². The minimum Gasteiger partial charge on any atom is -0.373 e. The maximum absolute atomic E-state index is 12.4. The maximum Gasteiger partial charge on any atom is 0.227 e. The number of hydrogen-bond donors (Lipinski definition) is 2. The number of fused-ring (bicyclic) bond motifs is 2. The van der Waals surface area contributed by atoms with Crippen LogP contribution >= 0.6 is 12.4 Å². The van der Waals surface area contributed by atoms with Gasteiger partial charge in [-0.2, -0.15) is 0 Å². The van der Waals surface area contributed by atoms with Crippen LogP contribution in [0.25, 0.3) is 0 Å². The van der Waals surface area contributed by atoms with Crippen molar-refractivity contribution in [3.05, 3.63) is 0 Å². The van der Waals surface area contributed by atoms with Crippen molar-refractivity contribution < 1.29 is 9.53 Å². The quantitative estimate of drug-likeness (QED) is 0.817. The summed E-state index contributed by atoms with van der Waals surface area (Å²) in [5.74, 6) is 0.179. The van der Waals surface area contributed by atoms with E-state index in [-0.39, 0.29) is 35.9 Å². The van der Waals surface area contributed by atoms with Crippen LogP contribution in [-0.2, 0) is 9.53 Å². The fourth-order valence-corrected chi connectivity index (χ4v) is 3.69. The molecule has 1 aliphatic carbocycles. The summed E-state index contributed by atoms with van der Waals surface area (Å²) in [7, 11) is 0. The summed E-state index contributed by atoms with van der Waals surface area (Å²) in [5, 5.41) is 3.20. The summed E-state index contributed by atoms with van der Waals surface area (Å²) in [4.78, 5) is 12.4. The minimum absolute atomic E-state index is 0. The lowest BCUT2D eigenvalue weighted by molar-refractivity contribution is -0.131. The fourth-order valence-electron chi connectivity index (χ4n) is 3.69. The van der Waals surface area contributed by atoms with Gasteiger partial charge in [-0.15, -0.1) is 12.4 Å². The third kappa shape index (κ3) is 2.26. The lowest BCUT2D eigenvalue weighted by atomic mass is 9.84. The van der Waals surface area contributed by atoms with Gasteiger partial charge in [0, 0.05) is 6.54 Å². The Bertz CT molecular complexity index is 318. The number of amides is 1. The molecule has 0 aromatic carbocycles. The number of nitrogens with one attached hydrogen (secondary N) is 1. The molecule has 3 aliphatic rings. The molecule has 18 heavy (non-hydrogen) atoms. The van der Waals surface area contributed by atoms with Crippen molar-refractivity contribution in [2.45, 2.75) is 63.2 Å². The van der Waals surface area contributed by atoms with E-state index in [1.807, 2.05) is 0 Å². The second-order valence-corrected chi connectivity index (χ2v) is 5.88. The molecule has 1 amide bonds. The van der Waals surface area contributed by atoms with Gasteiger partial charge in [-0.1, -0.05) is 12.8 Å². The Morgan fingerprint density at radius 3 is 2.56 bits per heavy atom. The van der Waals surface area contributed by atoms with Crippen LogP contribution < -0.4 is 11.1 Å². The molecular weight excluding hydrogens is 252 g/mol. The van der Waals surface area contributed by atoms with E-state index in [2.05, 4.69) is 5.32 Å². The topological polar surface area (TPSA) is 64.4 Å². The molecule has 2 aliphatic heterocycles. The van der Waals surface area contributed by atoms with Crippen LogP contribution in [0.4, 0.5) is 0 Å². The van der Waals surface area contributed by atoms with Gasteiger partial charge >= 0.3 is 0 Å². The van der Waals surface area contributed by atoms with Crippen LogP contribution in [0, 0.1) is 5.41 Å². The van der Waals surface area contributed by atoms with Crippen LogP contribution in [0.1, 0.15) is 44.9 Å². The van der Waals surface area contributed by atoms with Crippen molar-refractivity contribution in [2.24, 2.45) is 11.1 Å². The van der Waals surface area contributed by atoms with Gasteiger partial charge in [0.1, 0.15) is 0 Å². The van der Waals surface area contributed by atoms with Crippen LogP contribution in [0.15, 0.2) is 0 Å². The first kappa shape index (κ1) is 14.1. The van der Waals surface area contributed by atoms with Gasteiger partial charge in [-0.05, 0) is 32.1 Å². The summed E-state index contributed by atoms with van der Waals surface area (Å²) < 4.78 is 5.77. The summed E-state index contributed by atoms with van der Waals surface area (Å²) in [6.07, 6.45) is 8.10. The lowest BCUT2D eigenvalue weighted by Gasteiger charge is -2.29. The molecule has 3 rings (SSSR count). The molecular formula is C13H23ClN2O2. The molecule has 3 fully saturated rings.